The van der Waals surface area contributed by atoms with Gasteiger partial charge in [-0.3, -0.25) is 0 Å². The zero-order valence-electron chi connectivity index (χ0n) is 16.2. The van der Waals surface area contributed by atoms with E-state index in [1.54, 1.807) is 0 Å². The van der Waals surface area contributed by atoms with E-state index in [-0.39, 0.29) is 31.3 Å². The number of hydrogen-bond acceptors (Lipinski definition) is 6. The standard InChI is InChI=1S/C20H38O6/c1-15(9-13-22)19(24)18(23)14-17-8-5-11-20(26-17)10-4-7-16(25-20)6-2-3-12-21/h15-19,21-24H,2-14H2,1H3/t15-,16-,17+,18-,19-,20+/m1/s1. The van der Waals surface area contributed by atoms with Gasteiger partial charge in [-0.1, -0.05) is 6.92 Å². The molecule has 0 aromatic rings. The van der Waals surface area contributed by atoms with Crippen LogP contribution >= 0.6 is 0 Å². The molecule has 2 aliphatic heterocycles. The fourth-order valence-electron chi connectivity index (χ4n) is 4.33. The number of aliphatic hydroxyl groups is 4. The van der Waals surface area contributed by atoms with E-state index in [2.05, 4.69) is 0 Å². The Morgan fingerprint density at radius 1 is 0.962 bits per heavy atom. The second-order valence-electron chi connectivity index (χ2n) is 8.18. The lowest BCUT2D eigenvalue weighted by molar-refractivity contribution is -0.318. The Morgan fingerprint density at radius 2 is 1.62 bits per heavy atom. The molecular weight excluding hydrogens is 336 g/mol. The van der Waals surface area contributed by atoms with Crippen molar-refractivity contribution in [2.75, 3.05) is 13.2 Å². The third-order valence-corrected chi connectivity index (χ3v) is 5.93. The summed E-state index contributed by atoms with van der Waals surface area (Å²) in [6.45, 7) is 2.08. The Hall–Kier alpha value is -0.240. The fraction of sp³-hybridized carbons (Fsp3) is 1.00. The van der Waals surface area contributed by atoms with Crippen molar-refractivity contribution < 1.29 is 29.9 Å². The van der Waals surface area contributed by atoms with Crippen LogP contribution in [-0.2, 0) is 9.47 Å². The smallest absolute Gasteiger partial charge is 0.169 e. The van der Waals surface area contributed by atoms with Gasteiger partial charge in [0, 0.05) is 32.5 Å². The molecule has 2 fully saturated rings. The van der Waals surface area contributed by atoms with Gasteiger partial charge in [-0.25, -0.2) is 0 Å². The molecule has 6 heteroatoms. The third kappa shape index (κ3) is 6.43. The van der Waals surface area contributed by atoms with Gasteiger partial charge in [-0.2, -0.15) is 0 Å². The van der Waals surface area contributed by atoms with E-state index >= 15 is 0 Å². The van der Waals surface area contributed by atoms with Crippen molar-refractivity contribution >= 4 is 0 Å². The number of aliphatic hydroxyl groups excluding tert-OH is 4. The predicted octanol–water partition coefficient (Wildman–Crippen LogP) is 2.11. The van der Waals surface area contributed by atoms with Gasteiger partial charge < -0.3 is 29.9 Å². The van der Waals surface area contributed by atoms with Crippen molar-refractivity contribution in [1.82, 2.24) is 0 Å². The molecule has 1 spiro atoms. The number of unbranched alkanes of at least 4 members (excludes halogenated alkanes) is 1. The first-order valence-corrected chi connectivity index (χ1v) is 10.4. The van der Waals surface area contributed by atoms with Crippen molar-refractivity contribution in [2.24, 2.45) is 5.92 Å². The highest BCUT2D eigenvalue weighted by Crippen LogP contribution is 2.41. The maximum Gasteiger partial charge on any atom is 0.169 e. The largest absolute Gasteiger partial charge is 0.396 e. The van der Waals surface area contributed by atoms with Crippen LogP contribution in [0.25, 0.3) is 0 Å². The monoisotopic (exact) mass is 374 g/mol. The summed E-state index contributed by atoms with van der Waals surface area (Å²) in [5.41, 5.74) is 0. The molecule has 2 heterocycles. The molecule has 2 aliphatic rings. The van der Waals surface area contributed by atoms with Crippen LogP contribution in [0.2, 0.25) is 0 Å². The van der Waals surface area contributed by atoms with Crippen molar-refractivity contribution in [3.8, 4) is 0 Å². The Labute approximate surface area is 157 Å². The molecule has 0 unspecified atom stereocenters. The summed E-state index contributed by atoms with van der Waals surface area (Å²) in [6, 6.07) is 0. The molecule has 2 saturated heterocycles. The molecule has 6 nitrogen and oxygen atoms in total. The number of rotatable bonds is 10. The average Bonchev–Trinajstić information content (AvgIpc) is 2.61. The van der Waals surface area contributed by atoms with Crippen molar-refractivity contribution in [3.63, 3.8) is 0 Å². The average molecular weight is 375 g/mol. The third-order valence-electron chi connectivity index (χ3n) is 5.93. The van der Waals surface area contributed by atoms with Crippen LogP contribution in [-0.4, -0.2) is 63.8 Å². The lowest BCUT2D eigenvalue weighted by Gasteiger charge is -2.46. The first-order valence-electron chi connectivity index (χ1n) is 10.4. The minimum atomic E-state index is -0.847. The van der Waals surface area contributed by atoms with Crippen molar-refractivity contribution in [3.05, 3.63) is 0 Å². The second kappa shape index (κ2) is 10.9. The minimum absolute atomic E-state index is 0.0134. The summed E-state index contributed by atoms with van der Waals surface area (Å²) in [5.74, 6) is -0.679. The van der Waals surface area contributed by atoms with Gasteiger partial charge in [0.05, 0.1) is 24.4 Å². The SMILES string of the molecule is C[C@H](CCO)[C@@H](O)[C@H](O)C[C@@H]1CCC[C@]2(CCC[C@@H](CCCCO)O2)O1. The number of hydrogen-bond donors (Lipinski definition) is 4. The predicted molar refractivity (Wildman–Crippen MR) is 98.6 cm³/mol. The van der Waals surface area contributed by atoms with Crippen LogP contribution in [0.3, 0.4) is 0 Å². The molecule has 154 valence electrons. The van der Waals surface area contributed by atoms with Gasteiger partial charge in [0.2, 0.25) is 0 Å². The Bertz CT molecular complexity index is 388. The Balaban J connectivity index is 1.85. The normalized spacial score (nSPS) is 33.1. The molecule has 6 atom stereocenters. The molecule has 0 bridgehead atoms. The van der Waals surface area contributed by atoms with Gasteiger partial charge >= 0.3 is 0 Å². The van der Waals surface area contributed by atoms with Crippen molar-refractivity contribution in [1.29, 1.82) is 0 Å². The topological polar surface area (TPSA) is 99.4 Å². The van der Waals surface area contributed by atoms with Gasteiger partial charge in [0.15, 0.2) is 5.79 Å². The lowest BCUT2D eigenvalue weighted by Crippen LogP contribution is -2.49. The minimum Gasteiger partial charge on any atom is -0.396 e. The molecule has 4 N–H and O–H groups in total. The highest BCUT2D eigenvalue weighted by atomic mass is 16.7. The molecule has 0 aromatic carbocycles. The summed E-state index contributed by atoms with van der Waals surface area (Å²) in [5, 5.41) is 38.6. The first-order chi connectivity index (χ1) is 12.5. The molecular formula is C20H38O6. The van der Waals surface area contributed by atoms with Crippen molar-refractivity contribution in [2.45, 2.75) is 108 Å². The molecule has 0 saturated carbocycles. The quantitative estimate of drug-likeness (QED) is 0.437. The summed E-state index contributed by atoms with van der Waals surface area (Å²) < 4.78 is 12.7. The lowest BCUT2D eigenvalue weighted by atomic mass is 9.88. The molecule has 0 amide bonds. The van der Waals surface area contributed by atoms with Gasteiger partial charge in [-0.15, -0.1) is 0 Å². The summed E-state index contributed by atoms with van der Waals surface area (Å²) in [4.78, 5) is 0. The van der Waals surface area contributed by atoms with Gasteiger partial charge in [0.1, 0.15) is 0 Å². The zero-order valence-corrected chi connectivity index (χ0v) is 16.2. The fourth-order valence-corrected chi connectivity index (χ4v) is 4.33. The van der Waals surface area contributed by atoms with E-state index in [0.29, 0.717) is 12.8 Å². The van der Waals surface area contributed by atoms with E-state index in [4.69, 9.17) is 19.7 Å². The molecule has 0 aromatic heterocycles. The number of ether oxygens (including phenoxy) is 2. The van der Waals surface area contributed by atoms with Gasteiger partial charge in [-0.05, 0) is 57.3 Å². The van der Waals surface area contributed by atoms with Crippen LogP contribution in [0.5, 0.6) is 0 Å². The Kier molecular flexibility index (Phi) is 9.27. The van der Waals surface area contributed by atoms with Crippen LogP contribution < -0.4 is 0 Å². The van der Waals surface area contributed by atoms with E-state index in [0.717, 1.165) is 57.8 Å². The van der Waals surface area contributed by atoms with Crippen LogP contribution in [0.1, 0.15) is 77.6 Å². The van der Waals surface area contributed by atoms with E-state index < -0.39 is 18.0 Å². The maximum atomic E-state index is 10.4. The van der Waals surface area contributed by atoms with E-state index in [1.807, 2.05) is 6.92 Å². The van der Waals surface area contributed by atoms with Crippen LogP contribution in [0.15, 0.2) is 0 Å². The second-order valence-corrected chi connectivity index (χ2v) is 8.18. The molecule has 2 rings (SSSR count). The Morgan fingerprint density at radius 3 is 2.27 bits per heavy atom. The summed E-state index contributed by atoms with van der Waals surface area (Å²) in [7, 11) is 0. The van der Waals surface area contributed by atoms with E-state index in [1.165, 1.54) is 0 Å². The summed E-state index contributed by atoms with van der Waals surface area (Å²) >= 11 is 0. The molecule has 26 heavy (non-hydrogen) atoms. The molecule has 0 aliphatic carbocycles. The van der Waals surface area contributed by atoms with Gasteiger partial charge in [0.25, 0.3) is 0 Å². The maximum absolute atomic E-state index is 10.4. The van der Waals surface area contributed by atoms with E-state index in [9.17, 15) is 10.2 Å². The first kappa shape index (κ1) is 22.1. The zero-order chi connectivity index (χ0) is 19.0. The van der Waals surface area contributed by atoms with Crippen LogP contribution in [0.4, 0.5) is 0 Å². The van der Waals surface area contributed by atoms with Crippen LogP contribution in [0, 0.1) is 5.92 Å². The molecule has 0 radical (unpaired) electrons. The summed E-state index contributed by atoms with van der Waals surface area (Å²) in [6.07, 6.45) is 7.78. The highest BCUT2D eigenvalue weighted by molar-refractivity contribution is 4.86. The highest BCUT2D eigenvalue weighted by Gasteiger charge is 2.43.